The summed E-state index contributed by atoms with van der Waals surface area (Å²) < 4.78 is 0.952. The van der Waals surface area contributed by atoms with Crippen molar-refractivity contribution < 1.29 is 9.85 Å². The molecule has 7 nitrogen and oxygen atoms in total. The van der Waals surface area contributed by atoms with Gasteiger partial charge in [-0.2, -0.15) is 0 Å². The molecule has 0 amide bonds. The third-order valence-electron chi connectivity index (χ3n) is 5.64. The SMILES string of the molecule is O=[N+]([O-])c1ccc2cc(N(c3ccc(Br)cc3)c3ccc4cc([N+](=O)[O-])ccc4c3)ccc2c1. The smallest absolute Gasteiger partial charge is 0.270 e. The first-order chi connectivity index (χ1) is 16.4. The van der Waals surface area contributed by atoms with Crippen molar-refractivity contribution in [1.29, 1.82) is 0 Å². The number of rotatable bonds is 5. The standard InChI is InChI=1S/C26H16BrN3O4/c27-21-5-11-22(12-6-21)28(23-7-1-19-15-25(29(31)32)9-3-17(19)13-23)24-8-2-20-16-26(30(33)34)10-4-18(20)14-24/h1-16H. The van der Waals surface area contributed by atoms with Crippen LogP contribution in [0.2, 0.25) is 0 Å². The Bertz CT molecular complexity index is 1490. The highest BCUT2D eigenvalue weighted by molar-refractivity contribution is 9.10. The van der Waals surface area contributed by atoms with E-state index in [2.05, 4.69) is 20.8 Å². The second-order valence-electron chi connectivity index (χ2n) is 7.76. The first-order valence-electron chi connectivity index (χ1n) is 10.3. The lowest BCUT2D eigenvalue weighted by atomic mass is 10.1. The second-order valence-corrected chi connectivity index (χ2v) is 8.67. The summed E-state index contributed by atoms with van der Waals surface area (Å²) in [6, 6.07) is 29.1. The lowest BCUT2D eigenvalue weighted by Crippen LogP contribution is -2.09. The molecule has 0 aliphatic rings. The predicted molar refractivity (Wildman–Crippen MR) is 137 cm³/mol. The molecule has 5 aromatic carbocycles. The van der Waals surface area contributed by atoms with E-state index in [0.717, 1.165) is 43.1 Å². The summed E-state index contributed by atoms with van der Waals surface area (Å²) >= 11 is 3.48. The van der Waals surface area contributed by atoms with Gasteiger partial charge in [0.15, 0.2) is 0 Å². The Labute approximate surface area is 202 Å². The van der Waals surface area contributed by atoms with Gasteiger partial charge in [-0.25, -0.2) is 0 Å². The van der Waals surface area contributed by atoms with Gasteiger partial charge in [-0.3, -0.25) is 20.2 Å². The fraction of sp³-hybridized carbons (Fsp3) is 0. The quantitative estimate of drug-likeness (QED) is 0.175. The largest absolute Gasteiger partial charge is 0.310 e. The molecule has 0 aliphatic carbocycles. The van der Waals surface area contributed by atoms with Crippen molar-refractivity contribution in [2.45, 2.75) is 0 Å². The summed E-state index contributed by atoms with van der Waals surface area (Å²) in [7, 11) is 0. The molecule has 34 heavy (non-hydrogen) atoms. The zero-order valence-corrected chi connectivity index (χ0v) is 19.2. The second kappa shape index (κ2) is 8.57. The zero-order chi connectivity index (χ0) is 23.8. The van der Waals surface area contributed by atoms with Gasteiger partial charge in [0.05, 0.1) is 9.85 Å². The molecule has 5 aromatic rings. The van der Waals surface area contributed by atoms with E-state index < -0.39 is 9.85 Å². The van der Waals surface area contributed by atoms with Gasteiger partial charge in [0.25, 0.3) is 11.4 Å². The minimum absolute atomic E-state index is 0.0497. The summed E-state index contributed by atoms with van der Waals surface area (Å²) in [5.74, 6) is 0. The number of benzene rings is 5. The summed E-state index contributed by atoms with van der Waals surface area (Å²) in [5, 5.41) is 25.6. The number of hydrogen-bond donors (Lipinski definition) is 0. The molecule has 166 valence electrons. The lowest BCUT2D eigenvalue weighted by molar-refractivity contribution is -0.384. The first-order valence-corrected chi connectivity index (χ1v) is 11.1. The van der Waals surface area contributed by atoms with E-state index in [9.17, 15) is 20.2 Å². The van der Waals surface area contributed by atoms with Crippen LogP contribution in [0, 0.1) is 20.2 Å². The number of non-ortho nitro benzene ring substituents is 2. The molecule has 0 bridgehead atoms. The number of nitro groups is 2. The van der Waals surface area contributed by atoms with E-state index in [4.69, 9.17) is 0 Å². The molecule has 0 saturated heterocycles. The molecule has 0 N–H and O–H groups in total. The van der Waals surface area contributed by atoms with Crippen molar-refractivity contribution >= 4 is 65.9 Å². The Morgan fingerprint density at radius 3 is 1.35 bits per heavy atom. The monoisotopic (exact) mass is 513 g/mol. The van der Waals surface area contributed by atoms with Crippen molar-refractivity contribution in [1.82, 2.24) is 0 Å². The van der Waals surface area contributed by atoms with E-state index in [1.807, 2.05) is 60.7 Å². The van der Waals surface area contributed by atoms with Crippen molar-refractivity contribution in [3.05, 3.63) is 122 Å². The number of nitrogens with zero attached hydrogens (tertiary/aromatic N) is 3. The first kappa shape index (κ1) is 21.5. The molecule has 0 saturated carbocycles. The predicted octanol–water partition coefficient (Wildman–Crippen LogP) is 8.04. The van der Waals surface area contributed by atoms with Gasteiger partial charge in [0.2, 0.25) is 0 Å². The van der Waals surface area contributed by atoms with Crippen LogP contribution >= 0.6 is 15.9 Å². The maximum absolute atomic E-state index is 11.1. The molecule has 0 unspecified atom stereocenters. The molecule has 0 aliphatic heterocycles. The topological polar surface area (TPSA) is 89.5 Å². The summed E-state index contributed by atoms with van der Waals surface area (Å²) in [5.41, 5.74) is 2.78. The number of hydrogen-bond acceptors (Lipinski definition) is 5. The molecule has 0 radical (unpaired) electrons. The van der Waals surface area contributed by atoms with E-state index in [1.54, 1.807) is 24.3 Å². The maximum atomic E-state index is 11.1. The third-order valence-corrected chi connectivity index (χ3v) is 6.17. The lowest BCUT2D eigenvalue weighted by Gasteiger charge is -2.26. The van der Waals surface area contributed by atoms with Gasteiger partial charge in [-0.15, -0.1) is 0 Å². The van der Waals surface area contributed by atoms with Gasteiger partial charge in [0.1, 0.15) is 0 Å². The summed E-state index contributed by atoms with van der Waals surface area (Å²) in [6.07, 6.45) is 0. The van der Waals surface area contributed by atoms with Gasteiger partial charge >= 0.3 is 0 Å². The summed E-state index contributed by atoms with van der Waals surface area (Å²) in [6.45, 7) is 0. The minimum Gasteiger partial charge on any atom is -0.310 e. The Morgan fingerprint density at radius 1 is 0.529 bits per heavy atom. The van der Waals surface area contributed by atoms with Gasteiger partial charge < -0.3 is 4.90 Å². The normalized spacial score (nSPS) is 11.0. The molecule has 0 aromatic heterocycles. The van der Waals surface area contributed by atoms with Crippen LogP contribution in [0.4, 0.5) is 28.4 Å². The van der Waals surface area contributed by atoms with Gasteiger partial charge in [0, 0.05) is 45.8 Å². The van der Waals surface area contributed by atoms with Crippen molar-refractivity contribution in [3.8, 4) is 0 Å². The maximum Gasteiger partial charge on any atom is 0.270 e. The fourth-order valence-electron chi connectivity index (χ4n) is 3.98. The Hall–Kier alpha value is -4.30. The van der Waals surface area contributed by atoms with Crippen LogP contribution in [0.25, 0.3) is 21.5 Å². The number of nitro benzene ring substituents is 2. The fourth-order valence-corrected chi connectivity index (χ4v) is 4.25. The Balaban J connectivity index is 1.66. The van der Waals surface area contributed by atoms with Gasteiger partial charge in [-0.05, 0) is 82.2 Å². The zero-order valence-electron chi connectivity index (χ0n) is 17.6. The van der Waals surface area contributed by atoms with Crippen LogP contribution in [-0.4, -0.2) is 9.85 Å². The van der Waals surface area contributed by atoms with Crippen LogP contribution in [-0.2, 0) is 0 Å². The molecule has 0 atom stereocenters. The molecule has 5 rings (SSSR count). The van der Waals surface area contributed by atoms with Gasteiger partial charge in [-0.1, -0.05) is 28.1 Å². The molecule has 0 fully saturated rings. The average Bonchev–Trinajstić information content (AvgIpc) is 2.84. The van der Waals surface area contributed by atoms with Crippen LogP contribution in [0.5, 0.6) is 0 Å². The van der Waals surface area contributed by atoms with Crippen LogP contribution in [0.15, 0.2) is 102 Å². The van der Waals surface area contributed by atoms with Crippen LogP contribution in [0.1, 0.15) is 0 Å². The van der Waals surface area contributed by atoms with E-state index in [0.29, 0.717) is 0 Å². The molecule has 0 heterocycles. The Kier molecular flexibility index (Phi) is 5.43. The average molecular weight is 514 g/mol. The van der Waals surface area contributed by atoms with E-state index in [-0.39, 0.29) is 11.4 Å². The molecular weight excluding hydrogens is 498 g/mol. The van der Waals surface area contributed by atoms with Crippen molar-refractivity contribution in [2.24, 2.45) is 0 Å². The Morgan fingerprint density at radius 2 is 0.912 bits per heavy atom. The molecule has 0 spiro atoms. The highest BCUT2D eigenvalue weighted by Gasteiger charge is 2.15. The highest BCUT2D eigenvalue weighted by atomic mass is 79.9. The highest BCUT2D eigenvalue weighted by Crippen LogP contribution is 2.38. The molecule has 8 heteroatoms. The van der Waals surface area contributed by atoms with E-state index in [1.165, 1.54) is 12.1 Å². The van der Waals surface area contributed by atoms with E-state index >= 15 is 0 Å². The number of anilines is 3. The third kappa shape index (κ3) is 4.06. The van der Waals surface area contributed by atoms with Crippen molar-refractivity contribution in [2.75, 3.05) is 4.90 Å². The number of fused-ring (bicyclic) bond motifs is 2. The minimum atomic E-state index is -0.402. The van der Waals surface area contributed by atoms with Crippen molar-refractivity contribution in [3.63, 3.8) is 0 Å². The number of halogens is 1. The van der Waals surface area contributed by atoms with Crippen LogP contribution < -0.4 is 4.90 Å². The van der Waals surface area contributed by atoms with Crippen LogP contribution in [0.3, 0.4) is 0 Å². The molecular formula is C26H16BrN3O4. The summed E-state index contributed by atoms with van der Waals surface area (Å²) in [4.78, 5) is 23.6.